The molecule has 21 heavy (non-hydrogen) atoms. The maximum atomic E-state index is 14.2. The van der Waals surface area contributed by atoms with E-state index in [1.54, 1.807) is 0 Å². The quantitative estimate of drug-likeness (QED) is 0.873. The third-order valence-electron chi connectivity index (χ3n) is 3.77. The number of aryl methyl sites for hydroxylation is 2. The van der Waals surface area contributed by atoms with Crippen molar-refractivity contribution in [1.29, 1.82) is 0 Å². The van der Waals surface area contributed by atoms with Crippen LogP contribution in [0.2, 0.25) is 0 Å². The molecule has 0 amide bonds. The van der Waals surface area contributed by atoms with Gasteiger partial charge in [-0.25, -0.2) is 8.78 Å². The van der Waals surface area contributed by atoms with E-state index < -0.39 is 17.7 Å². The monoisotopic (exact) mass is 293 g/mol. The maximum Gasteiger partial charge on any atom is 0.128 e. The van der Waals surface area contributed by atoms with Gasteiger partial charge in [-0.15, -0.1) is 0 Å². The summed E-state index contributed by atoms with van der Waals surface area (Å²) in [5, 5.41) is 3.30. The van der Waals surface area contributed by atoms with Crippen LogP contribution in [-0.2, 0) is 0 Å². The van der Waals surface area contributed by atoms with Crippen molar-refractivity contribution >= 4 is 0 Å². The molecule has 0 saturated heterocycles. The predicted octanol–water partition coefficient (Wildman–Crippen LogP) is 4.57. The highest BCUT2D eigenvalue weighted by atomic mass is 19.1. The highest BCUT2D eigenvalue weighted by molar-refractivity contribution is 5.41. The van der Waals surface area contributed by atoms with Gasteiger partial charge in [-0.1, -0.05) is 6.92 Å². The summed E-state index contributed by atoms with van der Waals surface area (Å²) < 4.78 is 33.3. The van der Waals surface area contributed by atoms with Crippen LogP contribution in [0, 0.1) is 32.4 Å². The second-order valence-electron chi connectivity index (χ2n) is 5.31. The minimum atomic E-state index is -0.440. The minimum Gasteiger partial charge on any atom is -0.466 e. The third kappa shape index (κ3) is 3.16. The molecule has 1 aromatic heterocycles. The van der Waals surface area contributed by atoms with Gasteiger partial charge in [0, 0.05) is 11.1 Å². The van der Waals surface area contributed by atoms with Crippen molar-refractivity contribution in [3.05, 3.63) is 58.0 Å². The summed E-state index contributed by atoms with van der Waals surface area (Å²) in [6.45, 7) is 8.42. The Balaban J connectivity index is 2.55. The standard InChI is InChI=1S/C17H21F2NO/c1-5-8-20-17(14-9-13(18)6-7-15(14)19)16-10(2)11(3)21-12(16)4/h6-7,9,17,20H,5,8H2,1-4H3. The molecular weight excluding hydrogens is 272 g/mol. The van der Waals surface area contributed by atoms with E-state index in [1.165, 1.54) is 12.1 Å². The van der Waals surface area contributed by atoms with Crippen molar-refractivity contribution in [3.63, 3.8) is 0 Å². The van der Waals surface area contributed by atoms with Gasteiger partial charge in [0.15, 0.2) is 0 Å². The van der Waals surface area contributed by atoms with Crippen molar-refractivity contribution in [3.8, 4) is 0 Å². The molecule has 1 atom stereocenters. The van der Waals surface area contributed by atoms with Gasteiger partial charge in [0.1, 0.15) is 23.2 Å². The molecule has 2 nitrogen and oxygen atoms in total. The summed E-state index contributed by atoms with van der Waals surface area (Å²) in [6, 6.07) is 3.15. The van der Waals surface area contributed by atoms with Crippen LogP contribution >= 0.6 is 0 Å². The molecule has 0 aliphatic carbocycles. The summed E-state index contributed by atoms with van der Waals surface area (Å²) in [5.41, 5.74) is 2.19. The number of benzene rings is 1. The molecular formula is C17H21F2NO. The number of nitrogens with one attached hydrogen (secondary N) is 1. The summed E-state index contributed by atoms with van der Waals surface area (Å²) in [7, 11) is 0. The maximum absolute atomic E-state index is 14.2. The highest BCUT2D eigenvalue weighted by Gasteiger charge is 2.25. The van der Waals surface area contributed by atoms with E-state index in [4.69, 9.17) is 4.42 Å². The summed E-state index contributed by atoms with van der Waals surface area (Å²) in [4.78, 5) is 0. The molecule has 0 fully saturated rings. The molecule has 2 aromatic rings. The number of hydrogen-bond donors (Lipinski definition) is 1. The first-order valence-corrected chi connectivity index (χ1v) is 7.20. The Bertz CT molecular complexity index is 634. The van der Waals surface area contributed by atoms with Gasteiger partial charge in [-0.2, -0.15) is 0 Å². The molecule has 0 bridgehead atoms. The molecule has 0 spiro atoms. The normalized spacial score (nSPS) is 12.7. The Morgan fingerprint density at radius 2 is 1.86 bits per heavy atom. The Kier molecular flexibility index (Phi) is 4.78. The lowest BCUT2D eigenvalue weighted by Crippen LogP contribution is -2.25. The Morgan fingerprint density at radius 3 is 2.43 bits per heavy atom. The lowest BCUT2D eigenvalue weighted by Gasteiger charge is -2.20. The lowest BCUT2D eigenvalue weighted by atomic mass is 9.94. The Labute approximate surface area is 124 Å². The molecule has 0 aliphatic rings. The summed E-state index contributed by atoms with van der Waals surface area (Å²) in [6.07, 6.45) is 0.905. The molecule has 1 heterocycles. The second-order valence-corrected chi connectivity index (χ2v) is 5.31. The zero-order valence-electron chi connectivity index (χ0n) is 12.9. The molecule has 0 saturated carbocycles. The van der Waals surface area contributed by atoms with Gasteiger partial charge in [-0.3, -0.25) is 0 Å². The highest BCUT2D eigenvalue weighted by Crippen LogP contribution is 2.33. The van der Waals surface area contributed by atoms with Gasteiger partial charge in [-0.05, 0) is 57.5 Å². The van der Waals surface area contributed by atoms with E-state index in [2.05, 4.69) is 5.32 Å². The minimum absolute atomic E-state index is 0.315. The van der Waals surface area contributed by atoms with Crippen molar-refractivity contribution in [2.24, 2.45) is 0 Å². The summed E-state index contributed by atoms with van der Waals surface area (Å²) >= 11 is 0. The van der Waals surface area contributed by atoms with Crippen LogP contribution in [0.1, 0.15) is 47.6 Å². The second kappa shape index (κ2) is 6.39. The Morgan fingerprint density at radius 1 is 1.14 bits per heavy atom. The van der Waals surface area contributed by atoms with Crippen LogP contribution in [0.5, 0.6) is 0 Å². The fraction of sp³-hybridized carbons (Fsp3) is 0.412. The fourth-order valence-electron chi connectivity index (χ4n) is 2.63. The van der Waals surface area contributed by atoms with Crippen molar-refractivity contribution in [2.75, 3.05) is 6.54 Å². The molecule has 2 rings (SSSR count). The SMILES string of the molecule is CCCNC(c1cc(F)ccc1F)c1c(C)oc(C)c1C. The molecule has 1 N–H and O–H groups in total. The Hall–Kier alpha value is -1.68. The smallest absolute Gasteiger partial charge is 0.128 e. The average Bonchev–Trinajstić information content (AvgIpc) is 2.69. The van der Waals surface area contributed by atoms with Gasteiger partial charge >= 0.3 is 0 Å². The molecule has 114 valence electrons. The lowest BCUT2D eigenvalue weighted by molar-refractivity contribution is 0.488. The molecule has 1 aromatic carbocycles. The largest absolute Gasteiger partial charge is 0.466 e. The van der Waals surface area contributed by atoms with Crippen LogP contribution < -0.4 is 5.32 Å². The van der Waals surface area contributed by atoms with Crippen LogP contribution in [0.3, 0.4) is 0 Å². The topological polar surface area (TPSA) is 25.2 Å². The average molecular weight is 293 g/mol. The predicted molar refractivity (Wildman–Crippen MR) is 79.4 cm³/mol. The zero-order valence-corrected chi connectivity index (χ0v) is 12.9. The van der Waals surface area contributed by atoms with Crippen LogP contribution in [0.15, 0.2) is 22.6 Å². The number of furan rings is 1. The van der Waals surface area contributed by atoms with Crippen LogP contribution in [0.25, 0.3) is 0 Å². The van der Waals surface area contributed by atoms with E-state index in [1.807, 2.05) is 27.7 Å². The fourth-order valence-corrected chi connectivity index (χ4v) is 2.63. The molecule has 0 radical (unpaired) electrons. The molecule has 1 unspecified atom stereocenters. The van der Waals surface area contributed by atoms with Crippen LogP contribution in [0.4, 0.5) is 8.78 Å². The van der Waals surface area contributed by atoms with Crippen molar-refractivity contribution in [1.82, 2.24) is 5.32 Å². The van der Waals surface area contributed by atoms with Gasteiger partial charge in [0.25, 0.3) is 0 Å². The number of rotatable bonds is 5. The first-order valence-electron chi connectivity index (χ1n) is 7.20. The van der Waals surface area contributed by atoms with Crippen molar-refractivity contribution < 1.29 is 13.2 Å². The first kappa shape index (κ1) is 15.7. The van der Waals surface area contributed by atoms with Crippen LogP contribution in [-0.4, -0.2) is 6.54 Å². The van der Waals surface area contributed by atoms with Gasteiger partial charge in [0.2, 0.25) is 0 Å². The molecule has 4 heteroatoms. The van der Waals surface area contributed by atoms with Gasteiger partial charge in [0.05, 0.1) is 6.04 Å². The first-order chi connectivity index (χ1) is 9.95. The van der Waals surface area contributed by atoms with E-state index >= 15 is 0 Å². The van der Waals surface area contributed by atoms with E-state index in [-0.39, 0.29) is 0 Å². The van der Waals surface area contributed by atoms with E-state index in [9.17, 15) is 8.78 Å². The number of halogens is 2. The third-order valence-corrected chi connectivity index (χ3v) is 3.77. The van der Waals surface area contributed by atoms with Gasteiger partial charge < -0.3 is 9.73 Å². The van der Waals surface area contributed by atoms with E-state index in [0.29, 0.717) is 12.1 Å². The molecule has 0 aliphatic heterocycles. The zero-order chi connectivity index (χ0) is 15.6. The van der Waals surface area contributed by atoms with E-state index in [0.717, 1.165) is 35.1 Å². The number of hydrogen-bond acceptors (Lipinski definition) is 2. The van der Waals surface area contributed by atoms with Crippen molar-refractivity contribution in [2.45, 2.75) is 40.2 Å². The summed E-state index contributed by atoms with van der Waals surface area (Å²) in [5.74, 6) is 0.692.